The van der Waals surface area contributed by atoms with Crippen LogP contribution in [-0.2, 0) is 0 Å². The molecule has 0 aromatic rings. The van der Waals surface area contributed by atoms with Crippen LogP contribution in [0.5, 0.6) is 0 Å². The number of hydrogen-bond donors (Lipinski definition) is 1. The highest BCUT2D eigenvalue weighted by molar-refractivity contribution is 4.84. The predicted molar refractivity (Wildman–Crippen MR) is 76.4 cm³/mol. The van der Waals surface area contributed by atoms with Gasteiger partial charge in [0.2, 0.25) is 0 Å². The van der Waals surface area contributed by atoms with Crippen LogP contribution in [0.4, 0.5) is 0 Å². The smallest absolute Gasteiger partial charge is 0.0119 e. The lowest BCUT2D eigenvalue weighted by Gasteiger charge is -2.40. The zero-order chi connectivity index (χ0) is 12.7. The van der Waals surface area contributed by atoms with Crippen molar-refractivity contribution in [3.05, 3.63) is 0 Å². The van der Waals surface area contributed by atoms with E-state index in [4.69, 9.17) is 0 Å². The summed E-state index contributed by atoms with van der Waals surface area (Å²) in [6.07, 6.45) is 5.32. The zero-order valence-corrected chi connectivity index (χ0v) is 12.3. The van der Waals surface area contributed by atoms with Crippen molar-refractivity contribution in [1.82, 2.24) is 10.2 Å². The number of likely N-dealkylation sites (tertiary alicyclic amines) is 1. The van der Waals surface area contributed by atoms with Crippen LogP contribution >= 0.6 is 0 Å². The third-order valence-corrected chi connectivity index (χ3v) is 4.48. The largest absolute Gasteiger partial charge is 0.314 e. The van der Waals surface area contributed by atoms with E-state index < -0.39 is 0 Å². The summed E-state index contributed by atoms with van der Waals surface area (Å²) < 4.78 is 0. The highest BCUT2D eigenvalue weighted by Crippen LogP contribution is 2.22. The van der Waals surface area contributed by atoms with Crippen LogP contribution < -0.4 is 5.32 Å². The van der Waals surface area contributed by atoms with Gasteiger partial charge in [-0.1, -0.05) is 47.0 Å². The Morgan fingerprint density at radius 1 is 1.18 bits per heavy atom. The van der Waals surface area contributed by atoms with Crippen molar-refractivity contribution in [2.24, 2.45) is 11.8 Å². The number of rotatable bonds is 7. The Morgan fingerprint density at radius 2 is 1.88 bits per heavy atom. The maximum Gasteiger partial charge on any atom is 0.0119 e. The average molecular weight is 240 g/mol. The fourth-order valence-corrected chi connectivity index (χ4v) is 3.13. The fraction of sp³-hybridized carbons (Fsp3) is 1.00. The van der Waals surface area contributed by atoms with E-state index in [1.54, 1.807) is 0 Å². The molecule has 0 bridgehead atoms. The molecule has 17 heavy (non-hydrogen) atoms. The summed E-state index contributed by atoms with van der Waals surface area (Å²) in [4.78, 5) is 2.71. The summed E-state index contributed by atoms with van der Waals surface area (Å²) in [5.74, 6) is 1.77. The number of nitrogens with zero attached hydrogens (tertiary/aromatic N) is 1. The molecule has 1 heterocycles. The molecule has 1 aliphatic heterocycles. The first-order valence-corrected chi connectivity index (χ1v) is 7.70. The van der Waals surface area contributed by atoms with Crippen LogP contribution in [-0.4, -0.2) is 37.1 Å². The minimum absolute atomic E-state index is 0.767. The summed E-state index contributed by atoms with van der Waals surface area (Å²) in [7, 11) is 0. The third kappa shape index (κ3) is 4.59. The van der Waals surface area contributed by atoms with Crippen LogP contribution in [0, 0.1) is 11.8 Å². The summed E-state index contributed by atoms with van der Waals surface area (Å²) in [5, 5.41) is 3.66. The molecule has 1 aliphatic rings. The molecule has 102 valence electrons. The van der Waals surface area contributed by atoms with Crippen LogP contribution in [0.15, 0.2) is 0 Å². The molecule has 2 atom stereocenters. The lowest BCUT2D eigenvalue weighted by molar-refractivity contribution is 0.117. The summed E-state index contributed by atoms with van der Waals surface area (Å²) >= 11 is 0. The maximum atomic E-state index is 3.66. The topological polar surface area (TPSA) is 15.3 Å². The van der Waals surface area contributed by atoms with Gasteiger partial charge < -0.3 is 10.2 Å². The fourth-order valence-electron chi connectivity index (χ4n) is 3.13. The molecule has 0 amide bonds. The monoisotopic (exact) mass is 240 g/mol. The first-order valence-electron chi connectivity index (χ1n) is 7.70. The van der Waals surface area contributed by atoms with Gasteiger partial charge >= 0.3 is 0 Å². The molecule has 0 spiro atoms. The lowest BCUT2D eigenvalue weighted by atomic mass is 9.89. The van der Waals surface area contributed by atoms with Gasteiger partial charge in [0.1, 0.15) is 0 Å². The molecule has 2 nitrogen and oxygen atoms in total. The molecular formula is C15H32N2. The van der Waals surface area contributed by atoms with E-state index >= 15 is 0 Å². The predicted octanol–water partition coefficient (Wildman–Crippen LogP) is 3.13. The minimum Gasteiger partial charge on any atom is -0.314 e. The van der Waals surface area contributed by atoms with Crippen LogP contribution in [0.25, 0.3) is 0 Å². The molecule has 2 heteroatoms. The number of piperidine rings is 1. The maximum absolute atomic E-state index is 3.66. The van der Waals surface area contributed by atoms with E-state index in [-0.39, 0.29) is 0 Å². The van der Waals surface area contributed by atoms with Crippen molar-refractivity contribution >= 4 is 0 Å². The van der Waals surface area contributed by atoms with E-state index in [2.05, 4.69) is 37.9 Å². The van der Waals surface area contributed by atoms with Gasteiger partial charge in [-0.25, -0.2) is 0 Å². The van der Waals surface area contributed by atoms with Crippen molar-refractivity contribution in [2.75, 3.05) is 26.2 Å². The van der Waals surface area contributed by atoms with Gasteiger partial charge in [0.05, 0.1) is 0 Å². The van der Waals surface area contributed by atoms with Crippen molar-refractivity contribution in [3.63, 3.8) is 0 Å². The standard InChI is InChI=1S/C15H32N2/c1-5-13(6-2)11-17-10-9-15(16-8-4)14(7-3)12-17/h13-16H,5-12H2,1-4H3. The van der Waals surface area contributed by atoms with Gasteiger partial charge in [0, 0.05) is 19.1 Å². The second-order valence-corrected chi connectivity index (χ2v) is 5.56. The quantitative estimate of drug-likeness (QED) is 0.735. The Balaban J connectivity index is 2.41. The average Bonchev–Trinajstić information content (AvgIpc) is 2.37. The molecule has 0 saturated carbocycles. The van der Waals surface area contributed by atoms with Gasteiger partial charge in [-0.15, -0.1) is 0 Å². The molecule has 1 saturated heterocycles. The van der Waals surface area contributed by atoms with Crippen molar-refractivity contribution in [2.45, 2.75) is 59.4 Å². The van der Waals surface area contributed by atoms with Crippen molar-refractivity contribution in [1.29, 1.82) is 0 Å². The minimum atomic E-state index is 0.767. The highest BCUT2D eigenvalue weighted by Gasteiger charge is 2.27. The zero-order valence-electron chi connectivity index (χ0n) is 12.3. The molecule has 1 rings (SSSR count). The first-order chi connectivity index (χ1) is 8.24. The van der Waals surface area contributed by atoms with Gasteiger partial charge in [0.25, 0.3) is 0 Å². The molecule has 0 aliphatic carbocycles. The second-order valence-electron chi connectivity index (χ2n) is 5.56. The van der Waals surface area contributed by atoms with E-state index in [0.717, 1.165) is 24.4 Å². The normalized spacial score (nSPS) is 26.6. The van der Waals surface area contributed by atoms with E-state index in [0.29, 0.717) is 0 Å². The van der Waals surface area contributed by atoms with Crippen LogP contribution in [0.3, 0.4) is 0 Å². The van der Waals surface area contributed by atoms with Crippen molar-refractivity contribution in [3.8, 4) is 0 Å². The highest BCUT2D eigenvalue weighted by atomic mass is 15.1. The van der Waals surface area contributed by atoms with E-state index in [1.807, 2.05) is 0 Å². The van der Waals surface area contributed by atoms with Crippen LogP contribution in [0.1, 0.15) is 53.4 Å². The number of nitrogens with one attached hydrogen (secondary N) is 1. The molecule has 1 fully saturated rings. The summed E-state index contributed by atoms with van der Waals surface area (Å²) in [6, 6.07) is 0.767. The molecule has 0 radical (unpaired) electrons. The van der Waals surface area contributed by atoms with Gasteiger partial charge in [-0.05, 0) is 31.3 Å². The molecular weight excluding hydrogens is 208 g/mol. The first kappa shape index (κ1) is 15.0. The Hall–Kier alpha value is -0.0800. The van der Waals surface area contributed by atoms with E-state index in [9.17, 15) is 0 Å². The molecule has 0 aromatic carbocycles. The Labute approximate surface area is 108 Å². The third-order valence-electron chi connectivity index (χ3n) is 4.48. The SMILES string of the molecule is CCNC1CCN(CC(CC)CC)CC1CC. The van der Waals surface area contributed by atoms with Gasteiger partial charge in [-0.3, -0.25) is 0 Å². The summed E-state index contributed by atoms with van der Waals surface area (Å²) in [6.45, 7) is 14.3. The van der Waals surface area contributed by atoms with E-state index in [1.165, 1.54) is 45.3 Å². The summed E-state index contributed by atoms with van der Waals surface area (Å²) in [5.41, 5.74) is 0. The Morgan fingerprint density at radius 3 is 2.41 bits per heavy atom. The van der Waals surface area contributed by atoms with Gasteiger partial charge in [-0.2, -0.15) is 0 Å². The molecule has 0 aromatic heterocycles. The van der Waals surface area contributed by atoms with Crippen LogP contribution in [0.2, 0.25) is 0 Å². The molecule has 1 N–H and O–H groups in total. The van der Waals surface area contributed by atoms with Gasteiger partial charge in [0.15, 0.2) is 0 Å². The Bertz CT molecular complexity index is 189. The molecule has 2 unspecified atom stereocenters. The number of hydrogen-bond acceptors (Lipinski definition) is 2. The second kappa shape index (κ2) is 8.10. The Kier molecular flexibility index (Phi) is 7.14. The lowest BCUT2D eigenvalue weighted by Crippen LogP contribution is -2.50. The van der Waals surface area contributed by atoms with Crippen molar-refractivity contribution < 1.29 is 0 Å².